The van der Waals surface area contributed by atoms with E-state index in [0.717, 1.165) is 11.1 Å². The molecule has 1 N–H and O–H groups in total. The van der Waals surface area contributed by atoms with Crippen molar-refractivity contribution in [3.63, 3.8) is 0 Å². The van der Waals surface area contributed by atoms with Crippen LogP contribution in [0.5, 0.6) is 0 Å². The van der Waals surface area contributed by atoms with Crippen molar-refractivity contribution < 1.29 is 4.79 Å². The Bertz CT molecular complexity index is 687. The van der Waals surface area contributed by atoms with Crippen LogP contribution in [0.2, 0.25) is 0 Å². The van der Waals surface area contributed by atoms with Crippen molar-refractivity contribution in [3.8, 4) is 0 Å². The molecule has 0 spiro atoms. The molecule has 1 aliphatic carbocycles. The summed E-state index contributed by atoms with van der Waals surface area (Å²) in [4.78, 5) is 16.2. The predicted molar refractivity (Wildman–Crippen MR) is 84.6 cm³/mol. The quantitative estimate of drug-likeness (QED) is 0.852. The molecule has 3 rings (SSSR count). The van der Waals surface area contributed by atoms with Crippen molar-refractivity contribution in [2.45, 2.75) is 30.8 Å². The van der Waals surface area contributed by atoms with Gasteiger partial charge in [0.05, 0.1) is 12.0 Å². The first-order valence-electron chi connectivity index (χ1n) is 6.98. The van der Waals surface area contributed by atoms with Crippen LogP contribution >= 0.6 is 23.2 Å². The van der Waals surface area contributed by atoms with E-state index in [0.29, 0.717) is 19.5 Å². The van der Waals surface area contributed by atoms with Crippen LogP contribution in [0, 0.1) is 5.41 Å². The molecule has 1 aromatic carbocycles. The number of carbonyl (C=O) groups excluding carboxylic acids is 1. The van der Waals surface area contributed by atoms with Gasteiger partial charge in [-0.15, -0.1) is 23.2 Å². The fraction of sp³-hybridized carbons (Fsp3) is 0.400. The Hall–Kier alpha value is -1.59. The van der Waals surface area contributed by atoms with E-state index in [2.05, 4.69) is 15.4 Å². The Morgan fingerprint density at radius 3 is 2.64 bits per heavy atom. The summed E-state index contributed by atoms with van der Waals surface area (Å²) in [5, 5.41) is 7.02. The van der Waals surface area contributed by atoms with Gasteiger partial charge in [0.25, 0.3) is 0 Å². The van der Waals surface area contributed by atoms with Gasteiger partial charge in [0, 0.05) is 6.54 Å². The fourth-order valence-electron chi connectivity index (χ4n) is 2.39. The van der Waals surface area contributed by atoms with Gasteiger partial charge in [0.15, 0.2) is 0 Å². The van der Waals surface area contributed by atoms with Gasteiger partial charge in [0.2, 0.25) is 5.91 Å². The van der Waals surface area contributed by atoms with E-state index in [1.54, 1.807) is 17.9 Å². The third-order valence-corrected chi connectivity index (χ3v) is 5.22. The van der Waals surface area contributed by atoms with Gasteiger partial charge in [-0.05, 0) is 24.5 Å². The maximum atomic E-state index is 12.2. The van der Waals surface area contributed by atoms with Crippen LogP contribution < -0.4 is 5.32 Å². The second-order valence-corrected chi connectivity index (χ2v) is 7.24. The van der Waals surface area contributed by atoms with Gasteiger partial charge in [0.1, 0.15) is 17.0 Å². The monoisotopic (exact) mass is 338 g/mol. The highest BCUT2D eigenvalue weighted by Crippen LogP contribution is 2.63. The molecule has 2 aromatic rings. The molecule has 0 radical (unpaired) electrons. The molecule has 1 atom stereocenters. The molecule has 0 bridgehead atoms. The minimum atomic E-state index is -0.947. The van der Waals surface area contributed by atoms with Crippen molar-refractivity contribution in [2.24, 2.45) is 5.41 Å². The van der Waals surface area contributed by atoms with Crippen LogP contribution in [0.25, 0.3) is 0 Å². The fourth-order valence-corrected chi connectivity index (χ4v) is 3.10. The summed E-state index contributed by atoms with van der Waals surface area (Å²) in [6.07, 6.45) is 3.64. The molecule has 116 valence electrons. The SMILES string of the molecule is CC1(C(=O)NCc2ccccc2Cn2cncn2)CC1(Cl)Cl. The molecular weight excluding hydrogens is 323 g/mol. The summed E-state index contributed by atoms with van der Waals surface area (Å²) in [7, 11) is 0. The van der Waals surface area contributed by atoms with E-state index >= 15 is 0 Å². The summed E-state index contributed by atoms with van der Waals surface area (Å²) in [5.74, 6) is -0.118. The number of benzene rings is 1. The molecule has 22 heavy (non-hydrogen) atoms. The Kier molecular flexibility index (Phi) is 3.87. The first kappa shape index (κ1) is 15.3. The van der Waals surface area contributed by atoms with E-state index in [9.17, 15) is 4.79 Å². The molecule has 0 saturated heterocycles. The first-order chi connectivity index (χ1) is 10.4. The lowest BCUT2D eigenvalue weighted by Gasteiger charge is -2.14. The molecule has 1 aliphatic rings. The van der Waals surface area contributed by atoms with Crippen molar-refractivity contribution in [2.75, 3.05) is 0 Å². The summed E-state index contributed by atoms with van der Waals surface area (Å²) >= 11 is 12.1. The lowest BCUT2D eigenvalue weighted by atomic mass is 10.1. The number of aromatic nitrogens is 3. The average Bonchev–Trinajstić information content (AvgIpc) is 2.83. The van der Waals surface area contributed by atoms with E-state index < -0.39 is 9.75 Å². The Labute approximate surface area is 138 Å². The zero-order valence-corrected chi connectivity index (χ0v) is 13.6. The van der Waals surface area contributed by atoms with Crippen LogP contribution in [0.1, 0.15) is 24.5 Å². The summed E-state index contributed by atoms with van der Waals surface area (Å²) in [6.45, 7) is 2.82. The number of nitrogens with zero attached hydrogens (tertiary/aromatic N) is 3. The molecule has 1 unspecified atom stereocenters. The van der Waals surface area contributed by atoms with E-state index in [1.165, 1.54) is 6.33 Å². The Morgan fingerprint density at radius 2 is 2.05 bits per heavy atom. The van der Waals surface area contributed by atoms with Crippen LogP contribution in [0.4, 0.5) is 0 Å². The zero-order valence-electron chi connectivity index (χ0n) is 12.1. The number of hydrogen-bond donors (Lipinski definition) is 1. The second-order valence-electron chi connectivity index (χ2n) is 5.76. The van der Waals surface area contributed by atoms with Crippen LogP contribution in [-0.2, 0) is 17.9 Å². The molecule has 7 heteroatoms. The number of rotatable bonds is 5. The third kappa shape index (κ3) is 2.83. The number of carbonyl (C=O) groups is 1. The third-order valence-electron chi connectivity index (χ3n) is 4.12. The molecule has 1 fully saturated rings. The van der Waals surface area contributed by atoms with Gasteiger partial charge in [-0.2, -0.15) is 5.10 Å². The van der Waals surface area contributed by atoms with Crippen LogP contribution in [-0.4, -0.2) is 25.0 Å². The highest BCUT2D eigenvalue weighted by Gasteiger charge is 2.67. The van der Waals surface area contributed by atoms with Crippen molar-refractivity contribution in [1.82, 2.24) is 20.1 Å². The van der Waals surface area contributed by atoms with E-state index in [4.69, 9.17) is 23.2 Å². The largest absolute Gasteiger partial charge is 0.351 e. The first-order valence-corrected chi connectivity index (χ1v) is 7.73. The number of amides is 1. The lowest BCUT2D eigenvalue weighted by Crippen LogP contribution is -2.33. The standard InChI is InChI=1S/C15H16Cl2N4O/c1-14(8-15(14,16)17)13(22)19-6-11-4-2-3-5-12(11)7-21-10-18-9-20-21/h2-5,9-10H,6-8H2,1H3,(H,19,22). The van der Waals surface area contributed by atoms with Gasteiger partial charge in [-0.3, -0.25) is 4.79 Å². The normalized spacial score (nSPS) is 22.3. The topological polar surface area (TPSA) is 59.8 Å². The van der Waals surface area contributed by atoms with Crippen molar-refractivity contribution >= 4 is 29.1 Å². The minimum absolute atomic E-state index is 0.118. The molecule has 1 heterocycles. The summed E-state index contributed by atoms with van der Waals surface area (Å²) in [5.41, 5.74) is 1.42. The maximum Gasteiger partial charge on any atom is 0.229 e. The molecule has 1 amide bonds. The zero-order chi connectivity index (χ0) is 15.8. The predicted octanol–water partition coefficient (Wildman–Crippen LogP) is 2.53. The van der Waals surface area contributed by atoms with Gasteiger partial charge in [-0.1, -0.05) is 24.3 Å². The number of halogens is 2. The summed E-state index contributed by atoms with van der Waals surface area (Å²) < 4.78 is 0.794. The molecule has 1 saturated carbocycles. The highest BCUT2D eigenvalue weighted by molar-refractivity contribution is 6.53. The van der Waals surface area contributed by atoms with E-state index in [-0.39, 0.29) is 5.91 Å². The van der Waals surface area contributed by atoms with Crippen LogP contribution in [0.3, 0.4) is 0 Å². The van der Waals surface area contributed by atoms with Gasteiger partial charge >= 0.3 is 0 Å². The smallest absolute Gasteiger partial charge is 0.229 e. The lowest BCUT2D eigenvalue weighted by molar-refractivity contribution is -0.125. The van der Waals surface area contributed by atoms with Crippen LogP contribution in [0.15, 0.2) is 36.9 Å². The Morgan fingerprint density at radius 1 is 1.36 bits per heavy atom. The highest BCUT2D eigenvalue weighted by atomic mass is 35.5. The van der Waals surface area contributed by atoms with Gasteiger partial charge in [-0.25, -0.2) is 9.67 Å². The van der Waals surface area contributed by atoms with Crippen molar-refractivity contribution in [1.29, 1.82) is 0 Å². The number of alkyl halides is 2. The summed E-state index contributed by atoms with van der Waals surface area (Å²) in [6, 6.07) is 7.90. The second kappa shape index (κ2) is 5.56. The molecule has 1 aromatic heterocycles. The maximum absolute atomic E-state index is 12.2. The average molecular weight is 339 g/mol. The molecule has 5 nitrogen and oxygen atoms in total. The number of nitrogens with one attached hydrogen (secondary N) is 1. The molecular formula is C15H16Cl2N4O. The van der Waals surface area contributed by atoms with Gasteiger partial charge < -0.3 is 5.32 Å². The van der Waals surface area contributed by atoms with Crippen molar-refractivity contribution in [3.05, 3.63) is 48.0 Å². The molecule has 0 aliphatic heterocycles. The Balaban J connectivity index is 1.67. The number of hydrogen-bond acceptors (Lipinski definition) is 3. The minimum Gasteiger partial charge on any atom is -0.351 e. The van der Waals surface area contributed by atoms with E-state index in [1.807, 2.05) is 24.3 Å².